The summed E-state index contributed by atoms with van der Waals surface area (Å²) < 4.78 is 1.94. The molecule has 1 heterocycles. The standard InChI is InChI=1S/C13H22ClN3/c1-3-10-6-4-5-7-11(10)15-9-13-16-8-12(14)17(13)2/h8,10-11,15H,3-7,9H2,1-2H3. The summed E-state index contributed by atoms with van der Waals surface area (Å²) >= 11 is 5.98. The lowest BCUT2D eigenvalue weighted by atomic mass is 9.83. The molecule has 0 spiro atoms. The molecular weight excluding hydrogens is 234 g/mol. The van der Waals surface area contributed by atoms with Gasteiger partial charge in [0.25, 0.3) is 0 Å². The van der Waals surface area contributed by atoms with E-state index in [9.17, 15) is 0 Å². The zero-order valence-electron chi connectivity index (χ0n) is 10.7. The summed E-state index contributed by atoms with van der Waals surface area (Å²) in [6, 6.07) is 0.657. The number of hydrogen-bond donors (Lipinski definition) is 1. The molecule has 1 aromatic heterocycles. The van der Waals surface area contributed by atoms with Gasteiger partial charge in [0.15, 0.2) is 0 Å². The second-order valence-corrected chi connectivity index (χ2v) is 5.38. The van der Waals surface area contributed by atoms with Gasteiger partial charge in [0.05, 0.1) is 12.7 Å². The Morgan fingerprint density at radius 1 is 1.47 bits per heavy atom. The minimum atomic E-state index is 0.657. The summed E-state index contributed by atoms with van der Waals surface area (Å²) in [5, 5.41) is 4.36. The largest absolute Gasteiger partial charge is 0.321 e. The highest BCUT2D eigenvalue weighted by molar-refractivity contribution is 6.29. The van der Waals surface area contributed by atoms with Crippen molar-refractivity contribution >= 4 is 11.6 Å². The van der Waals surface area contributed by atoms with E-state index in [0.29, 0.717) is 11.2 Å². The maximum atomic E-state index is 5.98. The number of hydrogen-bond acceptors (Lipinski definition) is 2. The topological polar surface area (TPSA) is 29.9 Å². The lowest BCUT2D eigenvalue weighted by molar-refractivity contribution is 0.252. The van der Waals surface area contributed by atoms with Crippen LogP contribution in [-0.4, -0.2) is 15.6 Å². The molecular formula is C13H22ClN3. The van der Waals surface area contributed by atoms with Crippen LogP contribution in [0, 0.1) is 5.92 Å². The van der Waals surface area contributed by atoms with Crippen LogP contribution in [0.5, 0.6) is 0 Å². The van der Waals surface area contributed by atoms with Gasteiger partial charge in [0.1, 0.15) is 11.0 Å². The molecule has 1 aliphatic carbocycles. The van der Waals surface area contributed by atoms with Crippen molar-refractivity contribution in [2.45, 2.75) is 51.6 Å². The molecule has 0 amide bonds. The van der Waals surface area contributed by atoms with Crippen LogP contribution < -0.4 is 5.32 Å². The van der Waals surface area contributed by atoms with Gasteiger partial charge in [-0.15, -0.1) is 0 Å². The van der Waals surface area contributed by atoms with Crippen molar-refractivity contribution in [3.63, 3.8) is 0 Å². The van der Waals surface area contributed by atoms with Crippen LogP contribution in [-0.2, 0) is 13.6 Å². The predicted octanol–water partition coefficient (Wildman–Crippen LogP) is 3.13. The molecule has 0 bridgehead atoms. The van der Waals surface area contributed by atoms with Gasteiger partial charge in [-0.1, -0.05) is 37.8 Å². The number of aromatic nitrogens is 2. The van der Waals surface area contributed by atoms with Crippen LogP contribution in [0.4, 0.5) is 0 Å². The number of nitrogens with zero attached hydrogens (tertiary/aromatic N) is 2. The molecule has 1 aromatic rings. The number of halogens is 1. The molecule has 17 heavy (non-hydrogen) atoms. The molecule has 1 fully saturated rings. The first-order valence-corrected chi connectivity index (χ1v) is 6.99. The number of rotatable bonds is 4. The summed E-state index contributed by atoms with van der Waals surface area (Å²) in [4.78, 5) is 4.32. The van der Waals surface area contributed by atoms with E-state index in [4.69, 9.17) is 11.6 Å². The third-order valence-corrected chi connectivity index (χ3v) is 4.33. The van der Waals surface area contributed by atoms with E-state index in [1.54, 1.807) is 6.20 Å². The Balaban J connectivity index is 1.90. The first-order valence-electron chi connectivity index (χ1n) is 6.61. The van der Waals surface area contributed by atoms with Crippen molar-refractivity contribution in [2.75, 3.05) is 0 Å². The molecule has 3 nitrogen and oxygen atoms in total. The fourth-order valence-corrected chi connectivity index (χ4v) is 2.92. The van der Waals surface area contributed by atoms with Gasteiger partial charge >= 0.3 is 0 Å². The predicted molar refractivity (Wildman–Crippen MR) is 71.1 cm³/mol. The first kappa shape index (κ1) is 12.9. The average Bonchev–Trinajstić information content (AvgIpc) is 2.68. The van der Waals surface area contributed by atoms with Gasteiger partial charge < -0.3 is 9.88 Å². The molecule has 0 saturated heterocycles. The van der Waals surface area contributed by atoms with Crippen LogP contribution in [0.15, 0.2) is 6.20 Å². The lowest BCUT2D eigenvalue weighted by Crippen LogP contribution is -2.38. The second kappa shape index (κ2) is 5.87. The third-order valence-electron chi connectivity index (χ3n) is 3.98. The Kier molecular flexibility index (Phi) is 4.46. The number of imidazole rings is 1. The van der Waals surface area contributed by atoms with Crippen LogP contribution in [0.25, 0.3) is 0 Å². The highest BCUT2D eigenvalue weighted by Gasteiger charge is 2.23. The molecule has 96 valence electrons. The Morgan fingerprint density at radius 3 is 2.88 bits per heavy atom. The summed E-state index contributed by atoms with van der Waals surface area (Å²) in [6.45, 7) is 3.12. The summed E-state index contributed by atoms with van der Waals surface area (Å²) in [7, 11) is 1.96. The fourth-order valence-electron chi connectivity index (χ4n) is 2.78. The smallest absolute Gasteiger partial charge is 0.128 e. The zero-order valence-corrected chi connectivity index (χ0v) is 11.5. The molecule has 1 saturated carbocycles. The molecule has 0 radical (unpaired) electrons. The average molecular weight is 256 g/mol. The van der Waals surface area contributed by atoms with Gasteiger partial charge in [-0.25, -0.2) is 4.98 Å². The van der Waals surface area contributed by atoms with E-state index in [1.165, 1.54) is 32.1 Å². The second-order valence-electron chi connectivity index (χ2n) is 5.00. The van der Waals surface area contributed by atoms with E-state index >= 15 is 0 Å². The Hall–Kier alpha value is -0.540. The zero-order chi connectivity index (χ0) is 12.3. The quantitative estimate of drug-likeness (QED) is 0.896. The van der Waals surface area contributed by atoms with Gasteiger partial charge in [-0.05, 0) is 18.8 Å². The minimum absolute atomic E-state index is 0.657. The molecule has 1 aliphatic rings. The summed E-state index contributed by atoms with van der Waals surface area (Å²) in [5.74, 6) is 1.86. The van der Waals surface area contributed by atoms with Gasteiger partial charge in [0.2, 0.25) is 0 Å². The highest BCUT2D eigenvalue weighted by Crippen LogP contribution is 2.27. The van der Waals surface area contributed by atoms with E-state index in [-0.39, 0.29) is 0 Å². The van der Waals surface area contributed by atoms with Gasteiger partial charge in [-0.2, -0.15) is 0 Å². The Morgan fingerprint density at radius 2 is 2.24 bits per heavy atom. The highest BCUT2D eigenvalue weighted by atomic mass is 35.5. The third kappa shape index (κ3) is 3.02. The van der Waals surface area contributed by atoms with E-state index in [1.807, 2.05) is 11.6 Å². The van der Waals surface area contributed by atoms with Crippen LogP contribution in [0.3, 0.4) is 0 Å². The van der Waals surface area contributed by atoms with Crippen molar-refractivity contribution in [1.82, 2.24) is 14.9 Å². The lowest BCUT2D eigenvalue weighted by Gasteiger charge is -2.31. The first-order chi connectivity index (χ1) is 8.22. The molecule has 0 aromatic carbocycles. The van der Waals surface area contributed by atoms with Crippen molar-refractivity contribution in [1.29, 1.82) is 0 Å². The van der Waals surface area contributed by atoms with Crippen molar-refractivity contribution in [2.24, 2.45) is 13.0 Å². The molecule has 2 atom stereocenters. The van der Waals surface area contributed by atoms with Gasteiger partial charge in [0, 0.05) is 13.1 Å². The molecule has 2 unspecified atom stereocenters. The van der Waals surface area contributed by atoms with Crippen LogP contribution in [0.2, 0.25) is 5.15 Å². The summed E-state index contributed by atoms with van der Waals surface area (Å²) in [5.41, 5.74) is 0. The van der Waals surface area contributed by atoms with Crippen LogP contribution in [0.1, 0.15) is 44.9 Å². The van der Waals surface area contributed by atoms with Gasteiger partial charge in [-0.3, -0.25) is 0 Å². The van der Waals surface area contributed by atoms with E-state index < -0.39 is 0 Å². The van der Waals surface area contributed by atoms with Crippen molar-refractivity contribution in [3.05, 3.63) is 17.2 Å². The maximum Gasteiger partial charge on any atom is 0.128 e. The van der Waals surface area contributed by atoms with Crippen molar-refractivity contribution in [3.8, 4) is 0 Å². The van der Waals surface area contributed by atoms with Crippen LogP contribution >= 0.6 is 11.6 Å². The fraction of sp³-hybridized carbons (Fsp3) is 0.769. The minimum Gasteiger partial charge on any atom is -0.321 e. The molecule has 4 heteroatoms. The maximum absolute atomic E-state index is 5.98. The van der Waals surface area contributed by atoms with E-state index in [0.717, 1.165) is 18.3 Å². The monoisotopic (exact) mass is 255 g/mol. The number of nitrogens with one attached hydrogen (secondary N) is 1. The molecule has 2 rings (SSSR count). The van der Waals surface area contributed by atoms with E-state index in [2.05, 4.69) is 17.2 Å². The molecule has 0 aliphatic heterocycles. The Bertz CT molecular complexity index is 362. The molecule has 1 N–H and O–H groups in total. The normalized spacial score (nSPS) is 25.1. The SMILES string of the molecule is CCC1CCCCC1NCc1ncc(Cl)n1C. The summed E-state index contributed by atoms with van der Waals surface area (Å²) in [6.07, 6.45) is 8.42. The Labute approximate surface area is 109 Å². The van der Waals surface area contributed by atoms with Crippen molar-refractivity contribution < 1.29 is 0 Å².